The van der Waals surface area contributed by atoms with E-state index in [0.717, 1.165) is 0 Å². The highest BCUT2D eigenvalue weighted by Gasteiger charge is 2.13. The zero-order valence-corrected chi connectivity index (χ0v) is 15.8. The average molecular weight is 364 g/mol. The van der Waals surface area contributed by atoms with Crippen LogP contribution in [0.2, 0.25) is 0 Å². The molecule has 0 spiro atoms. The van der Waals surface area contributed by atoms with Crippen LogP contribution in [0.25, 0.3) is 10.8 Å². The van der Waals surface area contributed by atoms with Gasteiger partial charge in [-0.3, -0.25) is 4.79 Å². The minimum atomic E-state index is -0.145. The van der Waals surface area contributed by atoms with E-state index in [9.17, 15) is 4.79 Å². The van der Waals surface area contributed by atoms with E-state index in [2.05, 4.69) is 41.8 Å². The molecule has 0 aliphatic heterocycles. The lowest BCUT2D eigenvalue weighted by atomic mass is 10.00. The second kappa shape index (κ2) is 8.56. The van der Waals surface area contributed by atoms with Crippen molar-refractivity contribution in [3.63, 3.8) is 0 Å². The van der Waals surface area contributed by atoms with Crippen molar-refractivity contribution in [1.82, 2.24) is 5.32 Å². The van der Waals surface area contributed by atoms with E-state index in [1.54, 1.807) is 32.4 Å². The van der Waals surface area contributed by atoms with Crippen LogP contribution < -0.4 is 20.1 Å². The first-order valence-electron chi connectivity index (χ1n) is 8.85. The van der Waals surface area contributed by atoms with Crippen LogP contribution in [-0.4, -0.2) is 26.7 Å². The molecule has 27 heavy (non-hydrogen) atoms. The van der Waals surface area contributed by atoms with Crippen LogP contribution >= 0.6 is 0 Å². The molecule has 0 bridgehead atoms. The Labute approximate surface area is 159 Å². The van der Waals surface area contributed by atoms with Crippen LogP contribution in [0.4, 0.5) is 5.69 Å². The minimum absolute atomic E-state index is 0.0362. The number of carbonyl (C=O) groups is 1. The summed E-state index contributed by atoms with van der Waals surface area (Å²) < 4.78 is 10.5. The van der Waals surface area contributed by atoms with Gasteiger partial charge in [-0.1, -0.05) is 42.5 Å². The van der Waals surface area contributed by atoms with Crippen molar-refractivity contribution in [2.45, 2.75) is 13.0 Å². The number of fused-ring (bicyclic) bond motifs is 1. The third-order valence-electron chi connectivity index (χ3n) is 4.54. The molecular formula is C22H24N2O3. The molecule has 0 unspecified atom stereocenters. The van der Waals surface area contributed by atoms with Gasteiger partial charge in [0.1, 0.15) is 11.5 Å². The predicted octanol–water partition coefficient (Wildman–Crippen LogP) is 4.15. The fraction of sp³-hybridized carbons (Fsp3) is 0.227. The molecule has 0 aliphatic rings. The first-order valence-corrected chi connectivity index (χ1v) is 8.85. The molecular weight excluding hydrogens is 340 g/mol. The van der Waals surface area contributed by atoms with Crippen LogP contribution in [-0.2, 0) is 4.79 Å². The molecule has 3 aromatic rings. The summed E-state index contributed by atoms with van der Waals surface area (Å²) in [5, 5.41) is 8.55. The van der Waals surface area contributed by atoms with Gasteiger partial charge >= 0.3 is 0 Å². The van der Waals surface area contributed by atoms with E-state index in [1.807, 2.05) is 18.2 Å². The van der Waals surface area contributed by atoms with Crippen LogP contribution in [0.1, 0.15) is 18.5 Å². The highest BCUT2D eigenvalue weighted by Crippen LogP contribution is 2.29. The Bertz CT molecular complexity index is 934. The number of hydrogen-bond donors (Lipinski definition) is 2. The summed E-state index contributed by atoms with van der Waals surface area (Å²) in [6.45, 7) is 2.24. The summed E-state index contributed by atoms with van der Waals surface area (Å²) in [6.07, 6.45) is 0. The Hall–Kier alpha value is -3.05. The van der Waals surface area contributed by atoms with Crippen molar-refractivity contribution in [1.29, 1.82) is 0 Å². The first kappa shape index (κ1) is 18.7. The predicted molar refractivity (Wildman–Crippen MR) is 109 cm³/mol. The van der Waals surface area contributed by atoms with Gasteiger partial charge in [-0.15, -0.1) is 0 Å². The van der Waals surface area contributed by atoms with E-state index < -0.39 is 0 Å². The molecule has 0 aliphatic carbocycles. The second-order valence-electron chi connectivity index (χ2n) is 6.29. The SMILES string of the molecule is COc1ccc(OC)c(NC(=O)CN[C@@H](C)c2cccc3ccccc23)c1. The van der Waals surface area contributed by atoms with Crippen LogP contribution in [0.15, 0.2) is 60.7 Å². The molecule has 5 heteroatoms. The number of methoxy groups -OCH3 is 2. The number of anilines is 1. The van der Waals surface area contributed by atoms with Gasteiger partial charge in [0.2, 0.25) is 5.91 Å². The zero-order valence-electron chi connectivity index (χ0n) is 15.8. The lowest BCUT2D eigenvalue weighted by Gasteiger charge is -2.17. The zero-order chi connectivity index (χ0) is 19.2. The molecule has 140 valence electrons. The maximum Gasteiger partial charge on any atom is 0.238 e. The Kier molecular flexibility index (Phi) is 5.94. The number of carbonyl (C=O) groups excluding carboxylic acids is 1. The van der Waals surface area contributed by atoms with Crippen molar-refractivity contribution in [3.8, 4) is 11.5 Å². The van der Waals surface area contributed by atoms with E-state index in [0.29, 0.717) is 17.2 Å². The largest absolute Gasteiger partial charge is 0.497 e. The van der Waals surface area contributed by atoms with Crippen molar-refractivity contribution in [3.05, 3.63) is 66.2 Å². The lowest BCUT2D eigenvalue weighted by Crippen LogP contribution is -2.30. The van der Waals surface area contributed by atoms with Gasteiger partial charge in [0.25, 0.3) is 0 Å². The highest BCUT2D eigenvalue weighted by molar-refractivity contribution is 5.94. The topological polar surface area (TPSA) is 59.6 Å². The fourth-order valence-electron chi connectivity index (χ4n) is 3.09. The van der Waals surface area contributed by atoms with Crippen molar-refractivity contribution >= 4 is 22.4 Å². The summed E-state index contributed by atoms with van der Waals surface area (Å²) in [5.74, 6) is 1.10. The molecule has 0 heterocycles. The van der Waals surface area contributed by atoms with Gasteiger partial charge in [0.15, 0.2) is 0 Å². The standard InChI is InChI=1S/C22H24N2O3/c1-15(18-10-6-8-16-7-4-5-9-19(16)18)23-14-22(25)24-20-13-17(26-2)11-12-21(20)27-3/h4-13,15,23H,14H2,1-3H3,(H,24,25)/t15-/m0/s1. The van der Waals surface area contributed by atoms with Gasteiger partial charge in [0, 0.05) is 12.1 Å². The van der Waals surface area contributed by atoms with Crippen LogP contribution in [0.5, 0.6) is 11.5 Å². The molecule has 0 aromatic heterocycles. The van der Waals surface area contributed by atoms with Gasteiger partial charge in [-0.25, -0.2) is 0 Å². The van der Waals surface area contributed by atoms with Crippen molar-refractivity contribution in [2.24, 2.45) is 0 Å². The second-order valence-corrected chi connectivity index (χ2v) is 6.29. The fourth-order valence-corrected chi connectivity index (χ4v) is 3.09. The van der Waals surface area contributed by atoms with Gasteiger partial charge in [-0.2, -0.15) is 0 Å². The lowest BCUT2D eigenvalue weighted by molar-refractivity contribution is -0.115. The van der Waals surface area contributed by atoms with E-state index in [4.69, 9.17) is 9.47 Å². The Morgan fingerprint density at radius 1 is 1.00 bits per heavy atom. The molecule has 5 nitrogen and oxygen atoms in total. The van der Waals surface area contributed by atoms with E-state index in [-0.39, 0.29) is 18.5 Å². The van der Waals surface area contributed by atoms with E-state index >= 15 is 0 Å². The molecule has 0 radical (unpaired) electrons. The van der Waals surface area contributed by atoms with Gasteiger partial charge in [0.05, 0.1) is 26.5 Å². The maximum absolute atomic E-state index is 12.4. The maximum atomic E-state index is 12.4. The smallest absolute Gasteiger partial charge is 0.238 e. The number of hydrogen-bond acceptors (Lipinski definition) is 4. The van der Waals surface area contributed by atoms with Gasteiger partial charge in [-0.05, 0) is 35.4 Å². The summed E-state index contributed by atoms with van der Waals surface area (Å²) in [6, 6.07) is 19.8. The number of ether oxygens (including phenoxy) is 2. The Balaban J connectivity index is 1.67. The summed E-state index contributed by atoms with van der Waals surface area (Å²) in [7, 11) is 3.15. The molecule has 2 N–H and O–H groups in total. The normalized spacial score (nSPS) is 11.8. The minimum Gasteiger partial charge on any atom is -0.497 e. The Morgan fingerprint density at radius 3 is 2.56 bits per heavy atom. The first-order chi connectivity index (χ1) is 13.1. The van der Waals surface area contributed by atoms with E-state index in [1.165, 1.54) is 16.3 Å². The van der Waals surface area contributed by atoms with Crippen molar-refractivity contribution < 1.29 is 14.3 Å². The third kappa shape index (κ3) is 4.38. The number of nitrogens with one attached hydrogen (secondary N) is 2. The molecule has 0 fully saturated rings. The molecule has 1 atom stereocenters. The van der Waals surface area contributed by atoms with Gasteiger partial charge < -0.3 is 20.1 Å². The van der Waals surface area contributed by atoms with Crippen LogP contribution in [0.3, 0.4) is 0 Å². The third-order valence-corrected chi connectivity index (χ3v) is 4.54. The van der Waals surface area contributed by atoms with Crippen molar-refractivity contribution in [2.75, 3.05) is 26.1 Å². The Morgan fingerprint density at radius 2 is 1.78 bits per heavy atom. The average Bonchev–Trinajstić information content (AvgIpc) is 2.71. The number of benzene rings is 3. The molecule has 3 rings (SSSR count). The molecule has 1 amide bonds. The summed E-state index contributed by atoms with van der Waals surface area (Å²) in [5.41, 5.74) is 1.75. The monoisotopic (exact) mass is 364 g/mol. The summed E-state index contributed by atoms with van der Waals surface area (Å²) >= 11 is 0. The summed E-state index contributed by atoms with van der Waals surface area (Å²) in [4.78, 5) is 12.4. The molecule has 0 saturated heterocycles. The molecule has 0 saturated carbocycles. The highest BCUT2D eigenvalue weighted by atomic mass is 16.5. The quantitative estimate of drug-likeness (QED) is 0.661. The molecule has 3 aromatic carbocycles. The van der Waals surface area contributed by atoms with Crippen LogP contribution in [0, 0.1) is 0 Å². The number of amides is 1. The number of rotatable bonds is 7.